The molecule has 0 spiro atoms. The van der Waals surface area contributed by atoms with Crippen molar-refractivity contribution in [2.45, 2.75) is 12.8 Å². The molecule has 0 heterocycles. The summed E-state index contributed by atoms with van der Waals surface area (Å²) in [5.41, 5.74) is 1.45. The fraction of sp³-hybridized carbons (Fsp3) is 0.143. The maximum atomic E-state index is 13.2. The third-order valence-corrected chi connectivity index (χ3v) is 5.83. The van der Waals surface area contributed by atoms with E-state index in [0.717, 1.165) is 11.8 Å². The van der Waals surface area contributed by atoms with Gasteiger partial charge < -0.3 is 26.0 Å². The van der Waals surface area contributed by atoms with Crippen LogP contribution in [0, 0.1) is 27.9 Å². The Morgan fingerprint density at radius 2 is 1.56 bits per heavy atom. The number of nitriles is 2. The molecule has 0 aliphatic carbocycles. The Balaban J connectivity index is 1.92. The van der Waals surface area contributed by atoms with E-state index >= 15 is 0 Å². The van der Waals surface area contributed by atoms with Gasteiger partial charge in [-0.2, -0.15) is 10.5 Å². The van der Waals surface area contributed by atoms with Gasteiger partial charge in [-0.15, -0.1) is 0 Å². The quantitative estimate of drug-likeness (QED) is 0.223. The molecule has 10 nitrogen and oxygen atoms in total. The van der Waals surface area contributed by atoms with Crippen LogP contribution in [0.3, 0.4) is 0 Å². The standard InChI is InChI=1S/C28H24ClN6O4/c29-25-13-12-23(35(38)39)19-24(25)27(36)33-26(28(37)32-21-6-2-1-3-7-21)18-20-8-10-22(11-9-20)34(16-4-14-30)17-5-15-31/h1-3,6-13,18-19,38H,4-5,16-17H2,(H,32,37)(H,33,36)/q-1/b26-18-. The molecule has 0 atom stereocenters. The summed E-state index contributed by atoms with van der Waals surface area (Å²) in [5.74, 6) is -1.38. The monoisotopic (exact) mass is 543 g/mol. The molecule has 3 rings (SSSR count). The highest BCUT2D eigenvalue weighted by atomic mass is 35.5. The van der Waals surface area contributed by atoms with E-state index in [1.54, 1.807) is 54.6 Å². The molecule has 0 unspecified atom stereocenters. The summed E-state index contributed by atoms with van der Waals surface area (Å²) >= 11 is 6.14. The number of hydrogen-bond donors (Lipinski definition) is 3. The molecule has 3 aromatic rings. The lowest BCUT2D eigenvalue weighted by Gasteiger charge is -2.23. The highest BCUT2D eigenvalue weighted by Crippen LogP contribution is 2.23. The van der Waals surface area contributed by atoms with Crippen LogP contribution in [-0.4, -0.2) is 30.1 Å². The number of anilines is 3. The van der Waals surface area contributed by atoms with Crippen molar-refractivity contribution in [2.24, 2.45) is 0 Å². The van der Waals surface area contributed by atoms with Gasteiger partial charge in [-0.25, -0.2) is 0 Å². The van der Waals surface area contributed by atoms with E-state index in [9.17, 15) is 20.0 Å². The summed E-state index contributed by atoms with van der Waals surface area (Å²) in [7, 11) is 0. The van der Waals surface area contributed by atoms with Crippen molar-refractivity contribution in [1.29, 1.82) is 10.5 Å². The average molecular weight is 544 g/mol. The van der Waals surface area contributed by atoms with Gasteiger partial charge in [-0.3, -0.25) is 14.8 Å². The topological polar surface area (TPSA) is 156 Å². The molecule has 0 fully saturated rings. The smallest absolute Gasteiger partial charge is 0.272 e. The first kappa shape index (κ1) is 28.7. The summed E-state index contributed by atoms with van der Waals surface area (Å²) in [5, 5.41) is 43.2. The summed E-state index contributed by atoms with van der Waals surface area (Å²) in [6, 6.07) is 23.5. The minimum Gasteiger partial charge on any atom is -0.733 e. The van der Waals surface area contributed by atoms with E-state index in [-0.39, 0.29) is 22.0 Å². The number of para-hydroxylation sites is 1. The van der Waals surface area contributed by atoms with Crippen LogP contribution in [0.5, 0.6) is 0 Å². The van der Waals surface area contributed by atoms with Gasteiger partial charge in [0, 0.05) is 24.5 Å². The van der Waals surface area contributed by atoms with Gasteiger partial charge >= 0.3 is 0 Å². The van der Waals surface area contributed by atoms with Crippen molar-refractivity contribution >= 4 is 46.6 Å². The Morgan fingerprint density at radius 1 is 0.949 bits per heavy atom. The number of carbonyl (C=O) groups is 2. The van der Waals surface area contributed by atoms with Gasteiger partial charge in [0.15, 0.2) is 0 Å². The van der Waals surface area contributed by atoms with Gasteiger partial charge in [-0.05, 0) is 54.1 Å². The predicted octanol–water partition coefficient (Wildman–Crippen LogP) is 5.08. The van der Waals surface area contributed by atoms with Gasteiger partial charge in [-0.1, -0.05) is 41.9 Å². The summed E-state index contributed by atoms with van der Waals surface area (Å²) in [6.07, 6.45) is 2.07. The molecule has 0 saturated carbocycles. The predicted molar refractivity (Wildman–Crippen MR) is 149 cm³/mol. The van der Waals surface area contributed by atoms with Crippen molar-refractivity contribution in [3.63, 3.8) is 0 Å². The van der Waals surface area contributed by atoms with Crippen molar-refractivity contribution in [2.75, 3.05) is 28.5 Å². The lowest BCUT2D eigenvalue weighted by molar-refractivity contribution is -0.113. The molecule has 0 aliphatic heterocycles. The number of halogens is 1. The molecule has 39 heavy (non-hydrogen) atoms. The Bertz CT molecular complexity index is 1390. The molecular formula is C28H24ClN6O4-. The van der Waals surface area contributed by atoms with Crippen molar-refractivity contribution < 1.29 is 14.8 Å². The van der Waals surface area contributed by atoms with Gasteiger partial charge in [0.1, 0.15) is 5.70 Å². The van der Waals surface area contributed by atoms with Crippen molar-refractivity contribution in [3.8, 4) is 12.1 Å². The van der Waals surface area contributed by atoms with E-state index in [2.05, 4.69) is 22.8 Å². The lowest BCUT2D eigenvalue weighted by Crippen LogP contribution is -2.31. The Morgan fingerprint density at radius 3 is 2.15 bits per heavy atom. The lowest BCUT2D eigenvalue weighted by atomic mass is 10.1. The van der Waals surface area contributed by atoms with E-state index < -0.39 is 17.0 Å². The largest absolute Gasteiger partial charge is 0.733 e. The zero-order valence-electron chi connectivity index (χ0n) is 20.7. The van der Waals surface area contributed by atoms with E-state index in [1.165, 1.54) is 18.2 Å². The second kappa shape index (κ2) is 14.2. The summed E-state index contributed by atoms with van der Waals surface area (Å²) in [4.78, 5) is 28.1. The molecule has 198 valence electrons. The van der Waals surface area contributed by atoms with Crippen LogP contribution in [0.4, 0.5) is 17.1 Å². The number of carbonyl (C=O) groups excluding carboxylic acids is 2. The SMILES string of the molecule is N#CCCN(CCC#N)c1ccc(/C=C(\NC(=O)c2cc(N([O-])O)ccc2Cl)C(=O)Nc2ccccc2)cc1. The number of nitrogens with one attached hydrogen (secondary N) is 2. The number of benzene rings is 3. The van der Waals surface area contributed by atoms with Gasteiger partial charge in [0.05, 0.1) is 41.3 Å². The van der Waals surface area contributed by atoms with Crippen LogP contribution < -0.4 is 20.8 Å². The van der Waals surface area contributed by atoms with Crippen LogP contribution in [0.1, 0.15) is 28.8 Å². The van der Waals surface area contributed by atoms with Crippen molar-refractivity contribution in [1.82, 2.24) is 5.32 Å². The summed E-state index contributed by atoms with van der Waals surface area (Å²) in [6.45, 7) is 0.922. The first-order valence-corrected chi connectivity index (χ1v) is 12.1. The van der Waals surface area contributed by atoms with Crippen LogP contribution in [0.15, 0.2) is 78.5 Å². The van der Waals surface area contributed by atoms with Crippen LogP contribution in [0.25, 0.3) is 6.08 Å². The highest BCUT2D eigenvalue weighted by Gasteiger charge is 2.18. The maximum absolute atomic E-state index is 13.2. The van der Waals surface area contributed by atoms with E-state index in [0.29, 0.717) is 37.2 Å². The Labute approximate surface area is 230 Å². The first-order valence-electron chi connectivity index (χ1n) is 11.8. The zero-order chi connectivity index (χ0) is 28.2. The van der Waals surface area contributed by atoms with E-state index in [1.807, 2.05) is 4.90 Å². The molecule has 0 aliphatic rings. The number of rotatable bonds is 11. The minimum absolute atomic E-state index is 0.0140. The molecular weight excluding hydrogens is 520 g/mol. The van der Waals surface area contributed by atoms with Gasteiger partial charge in [0.2, 0.25) is 0 Å². The third-order valence-electron chi connectivity index (χ3n) is 5.50. The molecule has 0 aromatic heterocycles. The van der Waals surface area contributed by atoms with Crippen LogP contribution in [0.2, 0.25) is 5.02 Å². The molecule has 3 aromatic carbocycles. The molecule has 0 bridgehead atoms. The minimum atomic E-state index is -0.769. The average Bonchev–Trinajstić information content (AvgIpc) is 2.94. The van der Waals surface area contributed by atoms with E-state index in [4.69, 9.17) is 22.1 Å². The first-order chi connectivity index (χ1) is 18.8. The molecule has 11 heteroatoms. The van der Waals surface area contributed by atoms with Crippen LogP contribution >= 0.6 is 11.6 Å². The van der Waals surface area contributed by atoms with Crippen LogP contribution in [-0.2, 0) is 4.79 Å². The second-order valence-electron chi connectivity index (χ2n) is 8.16. The number of nitrogens with zero attached hydrogens (tertiary/aromatic N) is 4. The fourth-order valence-corrected chi connectivity index (χ4v) is 3.77. The Hall–Kier alpha value is -4.87. The Kier molecular flexibility index (Phi) is 10.4. The molecule has 2 amide bonds. The summed E-state index contributed by atoms with van der Waals surface area (Å²) < 4.78 is 0. The number of hydrogen-bond acceptors (Lipinski definition) is 8. The molecule has 0 saturated heterocycles. The fourth-order valence-electron chi connectivity index (χ4n) is 3.56. The zero-order valence-corrected chi connectivity index (χ0v) is 21.4. The number of amides is 2. The second-order valence-corrected chi connectivity index (χ2v) is 8.57. The van der Waals surface area contributed by atoms with Gasteiger partial charge in [0.25, 0.3) is 11.8 Å². The molecule has 0 radical (unpaired) electrons. The molecule has 3 N–H and O–H groups in total. The van der Waals surface area contributed by atoms with Crippen molar-refractivity contribution in [3.05, 3.63) is 99.9 Å². The normalized spacial score (nSPS) is 10.6. The maximum Gasteiger partial charge on any atom is 0.272 e. The highest BCUT2D eigenvalue weighted by molar-refractivity contribution is 6.34. The third kappa shape index (κ3) is 8.32.